The Balaban J connectivity index is 3.21. The van der Waals surface area contributed by atoms with Crippen molar-refractivity contribution in [2.75, 3.05) is 12.3 Å². The van der Waals surface area contributed by atoms with Crippen molar-refractivity contribution < 1.29 is 31.9 Å². The molecule has 0 aromatic heterocycles. The highest BCUT2D eigenvalue weighted by Gasteiger charge is 2.29. The summed E-state index contributed by atoms with van der Waals surface area (Å²) in [4.78, 5) is 22.4. The second kappa shape index (κ2) is 5.68. The first-order chi connectivity index (χ1) is 8.81. The van der Waals surface area contributed by atoms with Crippen molar-refractivity contribution in [1.82, 2.24) is 0 Å². The van der Waals surface area contributed by atoms with Crippen molar-refractivity contribution >= 4 is 17.4 Å². The first-order valence-corrected chi connectivity index (χ1v) is 5.11. The van der Waals surface area contributed by atoms with Crippen molar-refractivity contribution in [3.63, 3.8) is 0 Å². The fourth-order valence-electron chi connectivity index (χ4n) is 1.32. The summed E-state index contributed by atoms with van der Waals surface area (Å²) < 4.78 is 57.3. The third-order valence-corrected chi connectivity index (χ3v) is 2.19. The fraction of sp³-hybridized carbons (Fsp3) is 0.273. The number of hydrogen-bond donors (Lipinski definition) is 1. The van der Waals surface area contributed by atoms with Crippen LogP contribution in [0, 0.1) is 23.3 Å². The van der Waals surface area contributed by atoms with Gasteiger partial charge in [-0.3, -0.25) is 9.59 Å². The molecule has 0 heterocycles. The summed E-state index contributed by atoms with van der Waals surface area (Å²) in [5.41, 5.74) is 1.91. The molecule has 1 aromatic rings. The molecule has 104 valence electrons. The van der Waals surface area contributed by atoms with Crippen LogP contribution in [0.1, 0.15) is 23.7 Å². The van der Waals surface area contributed by atoms with E-state index < -0.39 is 52.7 Å². The van der Waals surface area contributed by atoms with E-state index in [4.69, 9.17) is 5.73 Å². The number of ketones is 1. The zero-order valence-corrected chi connectivity index (χ0v) is 9.73. The summed E-state index contributed by atoms with van der Waals surface area (Å²) >= 11 is 0. The third-order valence-electron chi connectivity index (χ3n) is 2.19. The molecule has 1 aromatic carbocycles. The minimum Gasteiger partial charge on any atom is -0.466 e. The summed E-state index contributed by atoms with van der Waals surface area (Å²) in [5.74, 6) is -10.1. The Hall–Kier alpha value is -2.12. The van der Waals surface area contributed by atoms with Crippen LogP contribution < -0.4 is 5.73 Å². The van der Waals surface area contributed by atoms with Crippen molar-refractivity contribution in [3.05, 3.63) is 28.8 Å². The predicted octanol–water partition coefficient (Wildman–Crippen LogP) is 1.96. The van der Waals surface area contributed by atoms with Gasteiger partial charge in [-0.05, 0) is 6.92 Å². The molecule has 19 heavy (non-hydrogen) atoms. The molecule has 0 radical (unpaired) electrons. The van der Waals surface area contributed by atoms with Crippen molar-refractivity contribution in [3.8, 4) is 0 Å². The lowest BCUT2D eigenvalue weighted by Crippen LogP contribution is -2.17. The second-order valence-corrected chi connectivity index (χ2v) is 3.45. The van der Waals surface area contributed by atoms with E-state index in [0.717, 1.165) is 0 Å². The Kier molecular flexibility index (Phi) is 4.47. The number of esters is 1. The quantitative estimate of drug-likeness (QED) is 0.228. The SMILES string of the molecule is CCOC(=O)CC(=O)c1c(F)c(F)c(N)c(F)c1F. The molecule has 0 saturated carbocycles. The highest BCUT2D eigenvalue weighted by atomic mass is 19.2. The maximum atomic E-state index is 13.4. The van der Waals surface area contributed by atoms with Gasteiger partial charge < -0.3 is 10.5 Å². The summed E-state index contributed by atoms with van der Waals surface area (Å²) in [6.07, 6.45) is -1.04. The molecule has 4 nitrogen and oxygen atoms in total. The smallest absolute Gasteiger partial charge is 0.313 e. The van der Waals surface area contributed by atoms with Crippen LogP contribution in [0.5, 0.6) is 0 Å². The van der Waals surface area contributed by atoms with Gasteiger partial charge in [0.05, 0.1) is 12.2 Å². The topological polar surface area (TPSA) is 69.4 Å². The van der Waals surface area contributed by atoms with Crippen LogP contribution in [0.4, 0.5) is 23.2 Å². The molecule has 0 saturated heterocycles. The van der Waals surface area contributed by atoms with Crippen molar-refractivity contribution in [2.45, 2.75) is 13.3 Å². The van der Waals surface area contributed by atoms with Gasteiger partial charge in [0, 0.05) is 0 Å². The van der Waals surface area contributed by atoms with Gasteiger partial charge in [0.2, 0.25) is 0 Å². The lowest BCUT2D eigenvalue weighted by atomic mass is 10.1. The lowest BCUT2D eigenvalue weighted by molar-refractivity contribution is -0.141. The third kappa shape index (κ3) is 2.83. The molecule has 1 rings (SSSR count). The van der Waals surface area contributed by atoms with E-state index >= 15 is 0 Å². The highest BCUT2D eigenvalue weighted by molar-refractivity contribution is 6.06. The second-order valence-electron chi connectivity index (χ2n) is 3.45. The molecule has 0 aliphatic carbocycles. The number of hydrogen-bond acceptors (Lipinski definition) is 4. The number of carbonyl (C=O) groups is 2. The molecule has 0 bridgehead atoms. The molecular weight excluding hydrogens is 270 g/mol. The van der Waals surface area contributed by atoms with Gasteiger partial charge in [0.25, 0.3) is 0 Å². The number of Topliss-reactive ketones (excluding diaryl/α,β-unsaturated/α-hetero) is 1. The van der Waals surface area contributed by atoms with E-state index in [1.165, 1.54) is 6.92 Å². The molecule has 0 aliphatic heterocycles. The molecule has 2 N–H and O–H groups in total. The Labute approximate surface area is 105 Å². The molecule has 8 heteroatoms. The first-order valence-electron chi connectivity index (χ1n) is 5.11. The number of anilines is 1. The standard InChI is InChI=1S/C11H9F4NO3/c1-2-19-5(18)3-4(17)6-7(12)9(14)11(16)10(15)8(6)13/h2-3,16H2,1H3. The molecule has 0 amide bonds. The Morgan fingerprint density at radius 1 is 1.05 bits per heavy atom. The van der Waals surface area contributed by atoms with Crippen LogP contribution in [0.2, 0.25) is 0 Å². The molecule has 0 aliphatic rings. The number of nitrogens with two attached hydrogens (primary N) is 1. The number of halogens is 4. The fourth-order valence-corrected chi connectivity index (χ4v) is 1.32. The van der Waals surface area contributed by atoms with Crippen LogP contribution in [0.3, 0.4) is 0 Å². The maximum absolute atomic E-state index is 13.4. The zero-order chi connectivity index (χ0) is 14.7. The van der Waals surface area contributed by atoms with Gasteiger partial charge in [-0.2, -0.15) is 0 Å². The van der Waals surface area contributed by atoms with Crippen LogP contribution in [-0.2, 0) is 9.53 Å². The Morgan fingerprint density at radius 3 is 1.95 bits per heavy atom. The monoisotopic (exact) mass is 279 g/mol. The summed E-state index contributed by atoms with van der Waals surface area (Å²) in [6.45, 7) is 1.40. The van der Waals surface area contributed by atoms with Gasteiger partial charge in [0.15, 0.2) is 29.1 Å². The number of nitrogen functional groups attached to an aromatic ring is 1. The zero-order valence-electron chi connectivity index (χ0n) is 9.73. The summed E-state index contributed by atoms with van der Waals surface area (Å²) in [7, 11) is 0. The number of rotatable bonds is 4. The van der Waals surface area contributed by atoms with Crippen LogP contribution in [-0.4, -0.2) is 18.4 Å². The van der Waals surface area contributed by atoms with Crippen LogP contribution in [0.15, 0.2) is 0 Å². The maximum Gasteiger partial charge on any atom is 0.313 e. The molecular formula is C11H9F4NO3. The average Bonchev–Trinajstić information content (AvgIpc) is 2.34. The van der Waals surface area contributed by atoms with E-state index in [1.54, 1.807) is 0 Å². The van der Waals surface area contributed by atoms with E-state index in [9.17, 15) is 27.2 Å². The van der Waals surface area contributed by atoms with Crippen molar-refractivity contribution in [1.29, 1.82) is 0 Å². The number of benzene rings is 1. The van der Waals surface area contributed by atoms with E-state index in [0.29, 0.717) is 0 Å². The molecule has 0 unspecified atom stereocenters. The lowest BCUT2D eigenvalue weighted by Gasteiger charge is -2.08. The Morgan fingerprint density at radius 2 is 1.53 bits per heavy atom. The Bertz CT molecular complexity index is 516. The van der Waals surface area contributed by atoms with Gasteiger partial charge in [-0.15, -0.1) is 0 Å². The number of carbonyl (C=O) groups excluding carboxylic acids is 2. The summed E-state index contributed by atoms with van der Waals surface area (Å²) in [5, 5.41) is 0. The number of ether oxygens (including phenoxy) is 1. The average molecular weight is 279 g/mol. The van der Waals surface area contributed by atoms with Gasteiger partial charge in [-0.25, -0.2) is 17.6 Å². The summed E-state index contributed by atoms with van der Waals surface area (Å²) in [6, 6.07) is 0. The van der Waals surface area contributed by atoms with E-state index in [2.05, 4.69) is 4.74 Å². The van der Waals surface area contributed by atoms with E-state index in [1.807, 2.05) is 0 Å². The van der Waals surface area contributed by atoms with Crippen molar-refractivity contribution in [2.24, 2.45) is 0 Å². The largest absolute Gasteiger partial charge is 0.466 e. The first kappa shape index (κ1) is 14.9. The van der Waals surface area contributed by atoms with Crippen LogP contribution >= 0.6 is 0 Å². The van der Waals surface area contributed by atoms with E-state index in [-0.39, 0.29) is 6.61 Å². The minimum absolute atomic E-state index is 0.0540. The van der Waals surface area contributed by atoms with Gasteiger partial charge in [-0.1, -0.05) is 0 Å². The minimum atomic E-state index is -1.94. The normalized spacial score (nSPS) is 10.4. The molecule has 0 atom stereocenters. The van der Waals surface area contributed by atoms with Gasteiger partial charge >= 0.3 is 5.97 Å². The molecule has 0 spiro atoms. The predicted molar refractivity (Wildman–Crippen MR) is 56.3 cm³/mol. The van der Waals surface area contributed by atoms with Gasteiger partial charge in [0.1, 0.15) is 12.1 Å². The van der Waals surface area contributed by atoms with Crippen LogP contribution in [0.25, 0.3) is 0 Å². The highest BCUT2D eigenvalue weighted by Crippen LogP contribution is 2.26. The molecule has 0 fully saturated rings.